The van der Waals surface area contributed by atoms with E-state index in [4.69, 9.17) is 4.74 Å². The summed E-state index contributed by atoms with van der Waals surface area (Å²) in [6, 6.07) is 0.385. The fourth-order valence-corrected chi connectivity index (χ4v) is 4.36. The van der Waals surface area contributed by atoms with Crippen LogP contribution in [0, 0.1) is 17.8 Å². The SMILES string of the molecule is CCOC(=O)C(CN(C)CC1CC2CCC1C2)NC1CC1. The van der Waals surface area contributed by atoms with Crippen molar-refractivity contribution in [3.05, 3.63) is 0 Å². The van der Waals surface area contributed by atoms with E-state index in [1.54, 1.807) is 0 Å². The first-order valence-electron chi connectivity index (χ1n) is 8.77. The van der Waals surface area contributed by atoms with Crippen LogP contribution in [-0.2, 0) is 9.53 Å². The van der Waals surface area contributed by atoms with Crippen LogP contribution in [0.3, 0.4) is 0 Å². The lowest BCUT2D eigenvalue weighted by Crippen LogP contribution is -2.48. The number of hydrogen-bond acceptors (Lipinski definition) is 4. The fourth-order valence-electron chi connectivity index (χ4n) is 4.36. The van der Waals surface area contributed by atoms with Crippen LogP contribution >= 0.6 is 0 Å². The monoisotopic (exact) mass is 294 g/mol. The van der Waals surface area contributed by atoms with E-state index in [9.17, 15) is 4.79 Å². The van der Waals surface area contributed by atoms with Crippen molar-refractivity contribution in [1.29, 1.82) is 0 Å². The molecule has 120 valence electrons. The van der Waals surface area contributed by atoms with Gasteiger partial charge >= 0.3 is 5.97 Å². The van der Waals surface area contributed by atoms with Crippen LogP contribution in [0.2, 0.25) is 0 Å². The summed E-state index contributed by atoms with van der Waals surface area (Å²) in [5.74, 6) is 2.73. The van der Waals surface area contributed by atoms with Crippen molar-refractivity contribution in [2.45, 2.75) is 57.5 Å². The predicted octanol–water partition coefficient (Wildman–Crippen LogP) is 2.04. The summed E-state index contributed by atoms with van der Waals surface area (Å²) in [5.41, 5.74) is 0. The third kappa shape index (κ3) is 3.98. The molecule has 3 saturated carbocycles. The third-order valence-corrected chi connectivity index (χ3v) is 5.51. The molecule has 0 aromatic rings. The van der Waals surface area contributed by atoms with Crippen molar-refractivity contribution in [1.82, 2.24) is 10.2 Å². The molecule has 0 heterocycles. The van der Waals surface area contributed by atoms with Gasteiger partial charge in [0.25, 0.3) is 0 Å². The van der Waals surface area contributed by atoms with Crippen LogP contribution in [0.1, 0.15) is 45.4 Å². The highest BCUT2D eigenvalue weighted by atomic mass is 16.5. The lowest BCUT2D eigenvalue weighted by Gasteiger charge is -2.29. The molecule has 4 atom stereocenters. The molecule has 3 rings (SSSR count). The Morgan fingerprint density at radius 1 is 1.29 bits per heavy atom. The second-order valence-electron chi connectivity index (χ2n) is 7.40. The average Bonchev–Trinajstić information content (AvgIpc) is 3.02. The van der Waals surface area contributed by atoms with E-state index in [1.807, 2.05) is 6.92 Å². The number of esters is 1. The van der Waals surface area contributed by atoms with Crippen LogP contribution in [-0.4, -0.2) is 49.7 Å². The van der Waals surface area contributed by atoms with E-state index in [2.05, 4.69) is 17.3 Å². The highest BCUT2D eigenvalue weighted by Gasteiger charge is 2.40. The van der Waals surface area contributed by atoms with E-state index in [0.29, 0.717) is 12.6 Å². The van der Waals surface area contributed by atoms with E-state index >= 15 is 0 Å². The van der Waals surface area contributed by atoms with Crippen molar-refractivity contribution in [2.75, 3.05) is 26.7 Å². The van der Waals surface area contributed by atoms with Gasteiger partial charge in [0.05, 0.1) is 6.61 Å². The van der Waals surface area contributed by atoms with Crippen molar-refractivity contribution in [3.8, 4) is 0 Å². The van der Waals surface area contributed by atoms with E-state index in [1.165, 1.54) is 38.5 Å². The van der Waals surface area contributed by atoms with Gasteiger partial charge in [-0.3, -0.25) is 4.79 Å². The summed E-state index contributed by atoms with van der Waals surface area (Å²) < 4.78 is 5.22. The summed E-state index contributed by atoms with van der Waals surface area (Å²) in [5, 5.41) is 3.45. The topological polar surface area (TPSA) is 41.6 Å². The molecule has 0 amide bonds. The molecular formula is C17H30N2O2. The van der Waals surface area contributed by atoms with Gasteiger partial charge in [-0.25, -0.2) is 0 Å². The molecule has 0 aliphatic heterocycles. The largest absolute Gasteiger partial charge is 0.465 e. The van der Waals surface area contributed by atoms with Crippen molar-refractivity contribution in [2.24, 2.45) is 17.8 Å². The van der Waals surface area contributed by atoms with Gasteiger partial charge in [0.15, 0.2) is 0 Å². The van der Waals surface area contributed by atoms with Gasteiger partial charge in [0.1, 0.15) is 6.04 Å². The Labute approximate surface area is 128 Å². The quantitative estimate of drug-likeness (QED) is 0.696. The number of fused-ring (bicyclic) bond motifs is 2. The first-order chi connectivity index (χ1) is 10.2. The standard InChI is InChI=1S/C17H30N2O2/c1-3-21-17(20)16(18-15-6-7-15)11-19(2)10-14-9-12-4-5-13(14)8-12/h12-16,18H,3-11H2,1-2H3. The molecule has 0 aromatic carbocycles. The van der Waals surface area contributed by atoms with Gasteiger partial charge in [-0.2, -0.15) is 0 Å². The number of carbonyl (C=O) groups is 1. The number of hydrogen-bond donors (Lipinski definition) is 1. The highest BCUT2D eigenvalue weighted by Crippen LogP contribution is 2.48. The van der Waals surface area contributed by atoms with Crippen molar-refractivity contribution in [3.63, 3.8) is 0 Å². The first-order valence-corrected chi connectivity index (χ1v) is 8.77. The summed E-state index contributed by atoms with van der Waals surface area (Å²) in [6.07, 6.45) is 8.16. The molecule has 4 heteroatoms. The Morgan fingerprint density at radius 2 is 2.10 bits per heavy atom. The Kier molecular flexibility index (Phi) is 4.85. The van der Waals surface area contributed by atoms with Crippen LogP contribution in [0.25, 0.3) is 0 Å². The molecule has 3 aliphatic rings. The number of nitrogens with zero attached hydrogens (tertiary/aromatic N) is 1. The number of carbonyl (C=O) groups excluding carboxylic acids is 1. The number of nitrogens with one attached hydrogen (secondary N) is 1. The first kappa shape index (κ1) is 15.3. The third-order valence-electron chi connectivity index (χ3n) is 5.51. The van der Waals surface area contributed by atoms with Gasteiger partial charge < -0.3 is 15.0 Å². The lowest BCUT2D eigenvalue weighted by molar-refractivity contribution is -0.146. The van der Waals surface area contributed by atoms with Gasteiger partial charge in [-0.15, -0.1) is 0 Å². The summed E-state index contributed by atoms with van der Waals surface area (Å²) in [7, 11) is 2.16. The maximum Gasteiger partial charge on any atom is 0.324 e. The molecule has 0 radical (unpaired) electrons. The van der Waals surface area contributed by atoms with Crippen molar-refractivity contribution < 1.29 is 9.53 Å². The normalized spacial score (nSPS) is 32.6. The molecule has 2 bridgehead atoms. The molecule has 3 aliphatic carbocycles. The molecule has 0 aromatic heterocycles. The minimum Gasteiger partial charge on any atom is -0.465 e. The molecule has 0 spiro atoms. The average molecular weight is 294 g/mol. The van der Waals surface area contributed by atoms with Crippen LogP contribution in [0.15, 0.2) is 0 Å². The Morgan fingerprint density at radius 3 is 2.67 bits per heavy atom. The second-order valence-corrected chi connectivity index (χ2v) is 7.40. The molecule has 1 N–H and O–H groups in total. The molecule has 4 nitrogen and oxygen atoms in total. The van der Waals surface area contributed by atoms with Gasteiger partial charge in [-0.05, 0) is 63.8 Å². The predicted molar refractivity (Wildman–Crippen MR) is 83.0 cm³/mol. The molecule has 4 unspecified atom stereocenters. The second kappa shape index (κ2) is 6.66. The fraction of sp³-hybridized carbons (Fsp3) is 0.941. The van der Waals surface area contributed by atoms with Crippen molar-refractivity contribution >= 4 is 5.97 Å². The minimum absolute atomic E-state index is 0.0795. The van der Waals surface area contributed by atoms with Gasteiger partial charge in [0.2, 0.25) is 0 Å². The maximum absolute atomic E-state index is 12.1. The van der Waals surface area contributed by atoms with E-state index < -0.39 is 0 Å². The van der Waals surface area contributed by atoms with Crippen LogP contribution in [0.4, 0.5) is 0 Å². The minimum atomic E-state index is -0.152. The zero-order chi connectivity index (χ0) is 14.8. The maximum atomic E-state index is 12.1. The van der Waals surface area contributed by atoms with Crippen LogP contribution in [0.5, 0.6) is 0 Å². The van der Waals surface area contributed by atoms with Gasteiger partial charge in [0, 0.05) is 19.1 Å². The number of likely N-dealkylation sites (N-methyl/N-ethyl adjacent to an activating group) is 1. The molecular weight excluding hydrogens is 264 g/mol. The number of ether oxygens (including phenoxy) is 1. The Bertz CT molecular complexity index is 370. The zero-order valence-electron chi connectivity index (χ0n) is 13.5. The zero-order valence-corrected chi connectivity index (χ0v) is 13.5. The molecule has 21 heavy (non-hydrogen) atoms. The summed E-state index contributed by atoms with van der Waals surface area (Å²) in [4.78, 5) is 14.4. The van der Waals surface area contributed by atoms with E-state index in [-0.39, 0.29) is 12.0 Å². The smallest absolute Gasteiger partial charge is 0.324 e. The Hall–Kier alpha value is -0.610. The molecule has 0 saturated heterocycles. The Balaban J connectivity index is 1.48. The molecule has 3 fully saturated rings. The summed E-state index contributed by atoms with van der Waals surface area (Å²) >= 11 is 0. The summed E-state index contributed by atoms with van der Waals surface area (Å²) in [6.45, 7) is 4.27. The highest BCUT2D eigenvalue weighted by molar-refractivity contribution is 5.76. The lowest BCUT2D eigenvalue weighted by atomic mass is 9.88. The number of rotatable bonds is 8. The van der Waals surface area contributed by atoms with Crippen LogP contribution < -0.4 is 5.32 Å². The van der Waals surface area contributed by atoms with E-state index in [0.717, 1.165) is 30.8 Å². The van der Waals surface area contributed by atoms with Gasteiger partial charge in [-0.1, -0.05) is 6.42 Å².